The molecule has 0 bridgehead atoms. The maximum atomic E-state index is 13.5. The normalized spacial score (nSPS) is 15.9. The highest BCUT2D eigenvalue weighted by Crippen LogP contribution is 2.36. The Morgan fingerprint density at radius 2 is 1.97 bits per heavy atom. The smallest absolute Gasteiger partial charge is 0.292 e. The van der Waals surface area contributed by atoms with Crippen molar-refractivity contribution in [1.29, 1.82) is 0 Å². The van der Waals surface area contributed by atoms with Gasteiger partial charge in [-0.1, -0.05) is 24.4 Å². The van der Waals surface area contributed by atoms with Crippen LogP contribution >= 0.6 is 24.0 Å². The van der Waals surface area contributed by atoms with E-state index in [0.29, 0.717) is 34.2 Å². The predicted molar refractivity (Wildman–Crippen MR) is 133 cm³/mol. The summed E-state index contributed by atoms with van der Waals surface area (Å²) in [6, 6.07) is 9.47. The predicted octanol–water partition coefficient (Wildman–Crippen LogP) is 5.42. The summed E-state index contributed by atoms with van der Waals surface area (Å²) in [6.07, 6.45) is 7.29. The van der Waals surface area contributed by atoms with Gasteiger partial charge in [-0.15, -0.1) is 12.4 Å². The van der Waals surface area contributed by atoms with Crippen molar-refractivity contribution in [3.05, 3.63) is 74.3 Å². The number of anilines is 1. The molecular formula is C25H24Cl2N4O2. The number of fused-ring (bicyclic) bond motifs is 4. The highest BCUT2D eigenvalue weighted by atomic mass is 35.5. The zero-order valence-corrected chi connectivity index (χ0v) is 19.8. The third-order valence-corrected chi connectivity index (χ3v) is 7.25. The molecule has 1 aliphatic carbocycles. The number of hydrogen-bond donors (Lipinski definition) is 1. The molecule has 170 valence electrons. The highest BCUT2D eigenvalue weighted by molar-refractivity contribution is 6.30. The number of benzene rings is 2. The SMILES string of the molecule is Cc1cc2c(cc1C(=O)N1CCc3cc(Cl)ccc31)[nH]c(=O)c1ncc(C3CCCC3)n12.Cl. The van der Waals surface area contributed by atoms with Crippen LogP contribution in [0.2, 0.25) is 5.02 Å². The van der Waals surface area contributed by atoms with Crippen LogP contribution in [0.5, 0.6) is 0 Å². The Balaban J connectivity index is 0.00000228. The number of carbonyl (C=O) groups is 1. The number of imidazole rings is 1. The van der Waals surface area contributed by atoms with Gasteiger partial charge in [0.2, 0.25) is 5.65 Å². The summed E-state index contributed by atoms with van der Waals surface area (Å²) in [6.45, 7) is 2.57. The molecule has 0 radical (unpaired) electrons. The average Bonchev–Trinajstić information content (AvgIpc) is 3.52. The van der Waals surface area contributed by atoms with E-state index in [1.165, 1.54) is 12.8 Å². The molecule has 1 fully saturated rings. The Bertz CT molecular complexity index is 1470. The molecule has 6 nitrogen and oxygen atoms in total. The average molecular weight is 483 g/mol. The number of H-pyrrole nitrogens is 1. The number of hydrogen-bond acceptors (Lipinski definition) is 3. The van der Waals surface area contributed by atoms with Gasteiger partial charge in [0.05, 0.1) is 11.0 Å². The fraction of sp³-hybridized carbons (Fsp3) is 0.320. The summed E-state index contributed by atoms with van der Waals surface area (Å²) in [5.74, 6) is 0.359. The molecule has 0 spiro atoms. The largest absolute Gasteiger partial charge is 0.317 e. The molecule has 4 aromatic rings. The van der Waals surface area contributed by atoms with Crippen molar-refractivity contribution in [2.24, 2.45) is 0 Å². The Morgan fingerprint density at radius 1 is 1.18 bits per heavy atom. The van der Waals surface area contributed by atoms with Gasteiger partial charge in [-0.05, 0) is 67.6 Å². The summed E-state index contributed by atoms with van der Waals surface area (Å²) in [4.78, 5) is 35.5. The molecule has 0 saturated heterocycles. The van der Waals surface area contributed by atoms with Crippen LogP contribution in [0.3, 0.4) is 0 Å². The van der Waals surface area contributed by atoms with Crippen LogP contribution in [0.15, 0.2) is 41.3 Å². The van der Waals surface area contributed by atoms with Crippen LogP contribution in [-0.4, -0.2) is 26.8 Å². The number of aromatic amines is 1. The number of rotatable bonds is 2. The Kier molecular flexibility index (Phi) is 5.46. The first-order valence-electron chi connectivity index (χ1n) is 11.2. The topological polar surface area (TPSA) is 70.5 Å². The van der Waals surface area contributed by atoms with Gasteiger partial charge >= 0.3 is 0 Å². The Hall–Kier alpha value is -2.83. The maximum Gasteiger partial charge on any atom is 0.292 e. The van der Waals surface area contributed by atoms with E-state index in [-0.39, 0.29) is 23.9 Å². The van der Waals surface area contributed by atoms with E-state index in [1.807, 2.05) is 47.9 Å². The summed E-state index contributed by atoms with van der Waals surface area (Å²) in [5, 5.41) is 0.680. The molecule has 0 unspecified atom stereocenters. The van der Waals surface area contributed by atoms with Crippen LogP contribution in [0, 0.1) is 6.92 Å². The van der Waals surface area contributed by atoms with Crippen LogP contribution in [0.4, 0.5) is 5.69 Å². The van der Waals surface area contributed by atoms with Gasteiger partial charge in [-0.2, -0.15) is 0 Å². The Labute approximate surface area is 202 Å². The number of amides is 1. The molecule has 1 N–H and O–H groups in total. The molecule has 1 amide bonds. The van der Waals surface area contributed by atoms with Crippen molar-refractivity contribution < 1.29 is 4.79 Å². The standard InChI is InChI=1S/C25H23ClN4O2.ClH/c1-14-10-21-19(28-24(31)23-27-13-22(30(21)23)15-4-2-3-5-15)12-18(14)25(32)29-9-8-16-11-17(26)6-7-20(16)29;/h6-7,10-13,15H,2-5,8-9H2,1H3,(H,28,31);1H. The fourth-order valence-corrected chi connectivity index (χ4v) is 5.60. The first-order chi connectivity index (χ1) is 15.5. The minimum Gasteiger partial charge on any atom is -0.317 e. The molecule has 6 rings (SSSR count). The van der Waals surface area contributed by atoms with E-state index in [1.54, 1.807) is 4.90 Å². The van der Waals surface area contributed by atoms with Gasteiger partial charge in [-0.3, -0.25) is 14.0 Å². The van der Waals surface area contributed by atoms with Crippen molar-refractivity contribution in [2.75, 3.05) is 11.4 Å². The van der Waals surface area contributed by atoms with Crippen molar-refractivity contribution in [3.63, 3.8) is 0 Å². The Morgan fingerprint density at radius 3 is 2.76 bits per heavy atom. The van der Waals surface area contributed by atoms with Gasteiger partial charge in [0.15, 0.2) is 0 Å². The molecule has 8 heteroatoms. The van der Waals surface area contributed by atoms with Crippen molar-refractivity contribution in [1.82, 2.24) is 14.4 Å². The molecule has 2 aliphatic rings. The van der Waals surface area contributed by atoms with Crippen molar-refractivity contribution in [3.8, 4) is 0 Å². The molecule has 1 saturated carbocycles. The second-order valence-electron chi connectivity index (χ2n) is 8.94. The quantitative estimate of drug-likeness (QED) is 0.414. The number of carbonyl (C=O) groups excluding carboxylic acids is 1. The first-order valence-corrected chi connectivity index (χ1v) is 11.5. The molecule has 2 aromatic heterocycles. The van der Waals surface area contributed by atoms with E-state index in [9.17, 15) is 9.59 Å². The monoisotopic (exact) mass is 482 g/mol. The van der Waals surface area contributed by atoms with Crippen molar-refractivity contribution >= 4 is 52.3 Å². The molecule has 2 aromatic carbocycles. The number of nitrogens with zero attached hydrogens (tertiary/aromatic N) is 3. The third-order valence-electron chi connectivity index (χ3n) is 7.01. The van der Waals surface area contributed by atoms with E-state index in [4.69, 9.17) is 11.6 Å². The van der Waals surface area contributed by atoms with E-state index in [2.05, 4.69) is 9.97 Å². The van der Waals surface area contributed by atoms with E-state index in [0.717, 1.165) is 47.3 Å². The van der Waals surface area contributed by atoms with Gasteiger partial charge in [0, 0.05) is 40.6 Å². The van der Waals surface area contributed by atoms with Crippen molar-refractivity contribution in [2.45, 2.75) is 44.9 Å². The van der Waals surface area contributed by atoms with Crippen LogP contribution in [0.25, 0.3) is 16.7 Å². The minimum absolute atomic E-state index is 0. The zero-order valence-electron chi connectivity index (χ0n) is 18.2. The number of nitrogens with one attached hydrogen (secondary N) is 1. The number of aryl methyl sites for hydroxylation is 1. The molecule has 0 atom stereocenters. The number of halogens is 2. The lowest BCUT2D eigenvalue weighted by Gasteiger charge is -2.19. The van der Waals surface area contributed by atoms with E-state index < -0.39 is 0 Å². The highest BCUT2D eigenvalue weighted by Gasteiger charge is 2.28. The van der Waals surface area contributed by atoms with Gasteiger partial charge in [0.25, 0.3) is 11.5 Å². The zero-order chi connectivity index (χ0) is 22.0. The van der Waals surface area contributed by atoms with Gasteiger partial charge in [0.1, 0.15) is 0 Å². The summed E-state index contributed by atoms with van der Waals surface area (Å²) in [7, 11) is 0. The second-order valence-corrected chi connectivity index (χ2v) is 9.38. The molecular weight excluding hydrogens is 459 g/mol. The van der Waals surface area contributed by atoms with E-state index >= 15 is 0 Å². The molecule has 3 heterocycles. The maximum absolute atomic E-state index is 13.5. The lowest BCUT2D eigenvalue weighted by atomic mass is 10.0. The molecule has 33 heavy (non-hydrogen) atoms. The van der Waals surface area contributed by atoms with Crippen LogP contribution in [0.1, 0.15) is 58.8 Å². The van der Waals surface area contributed by atoms with Gasteiger partial charge < -0.3 is 9.88 Å². The number of aromatic nitrogens is 3. The van der Waals surface area contributed by atoms with Crippen LogP contribution in [-0.2, 0) is 6.42 Å². The second kappa shape index (κ2) is 8.19. The summed E-state index contributed by atoms with van der Waals surface area (Å²) >= 11 is 6.13. The summed E-state index contributed by atoms with van der Waals surface area (Å²) < 4.78 is 2.00. The lowest BCUT2D eigenvalue weighted by molar-refractivity contribution is 0.0989. The van der Waals surface area contributed by atoms with Gasteiger partial charge in [-0.25, -0.2) is 4.98 Å². The van der Waals surface area contributed by atoms with Crippen LogP contribution < -0.4 is 10.5 Å². The minimum atomic E-state index is -0.231. The third kappa shape index (κ3) is 3.44. The first kappa shape index (κ1) is 22.0. The lowest BCUT2D eigenvalue weighted by Crippen LogP contribution is -2.29. The molecule has 1 aliphatic heterocycles. The summed E-state index contributed by atoms with van der Waals surface area (Å²) in [5.41, 5.74) is 6.29. The fourth-order valence-electron chi connectivity index (χ4n) is 5.40.